The van der Waals surface area contributed by atoms with E-state index >= 15 is 4.39 Å². The van der Waals surface area contributed by atoms with E-state index in [0.717, 1.165) is 0 Å². The fourth-order valence-electron chi connectivity index (χ4n) is 3.44. The summed E-state index contributed by atoms with van der Waals surface area (Å²) in [5.41, 5.74) is 0.930. The lowest BCUT2D eigenvalue weighted by Gasteiger charge is -2.27. The Kier molecular flexibility index (Phi) is 3.71. The minimum atomic E-state index is -1.15. The summed E-state index contributed by atoms with van der Waals surface area (Å²) in [5.74, 6) is -1.06. The van der Waals surface area contributed by atoms with Crippen molar-refractivity contribution in [3.8, 4) is 0 Å². The fraction of sp³-hybridized carbons (Fsp3) is 0.222. The molecule has 1 saturated heterocycles. The number of halogens is 3. The zero-order valence-electron chi connectivity index (χ0n) is 13.1. The largest absolute Gasteiger partial charge is 0.359 e. The van der Waals surface area contributed by atoms with Crippen LogP contribution in [0.3, 0.4) is 0 Å². The van der Waals surface area contributed by atoms with Crippen molar-refractivity contribution in [3.63, 3.8) is 0 Å². The van der Waals surface area contributed by atoms with Gasteiger partial charge in [0.25, 0.3) is 0 Å². The lowest BCUT2D eigenvalue weighted by atomic mass is 10.0. The molecule has 0 aliphatic carbocycles. The number of nitrogens with zero attached hydrogens (tertiary/aromatic N) is 3. The number of hydrogen-bond donors (Lipinski definition) is 0. The zero-order valence-corrected chi connectivity index (χ0v) is 13.1. The van der Waals surface area contributed by atoms with Gasteiger partial charge in [-0.1, -0.05) is 12.1 Å². The maximum atomic E-state index is 15.0. The summed E-state index contributed by atoms with van der Waals surface area (Å²) in [6.45, 7) is -0.00116. The van der Waals surface area contributed by atoms with Crippen molar-refractivity contribution in [1.29, 1.82) is 0 Å². The van der Waals surface area contributed by atoms with E-state index in [-0.39, 0.29) is 29.7 Å². The van der Waals surface area contributed by atoms with E-state index in [1.807, 2.05) is 0 Å². The molecular weight excluding hydrogens is 331 g/mol. The normalized spacial score (nSPS) is 20.4. The second-order valence-electron chi connectivity index (χ2n) is 6.08. The molecule has 1 aliphatic rings. The van der Waals surface area contributed by atoms with E-state index in [4.69, 9.17) is 0 Å². The van der Waals surface area contributed by atoms with Crippen molar-refractivity contribution in [3.05, 3.63) is 65.5 Å². The predicted octanol–water partition coefficient (Wildman–Crippen LogP) is 3.71. The predicted molar refractivity (Wildman–Crippen MR) is 86.5 cm³/mol. The fourth-order valence-corrected chi connectivity index (χ4v) is 3.44. The molecule has 0 bridgehead atoms. The first-order valence-corrected chi connectivity index (χ1v) is 7.85. The van der Waals surface area contributed by atoms with Gasteiger partial charge in [-0.2, -0.15) is 5.10 Å². The number of fused-ring (bicyclic) bond motifs is 1. The van der Waals surface area contributed by atoms with Crippen molar-refractivity contribution >= 4 is 17.5 Å². The average molecular weight is 345 g/mol. The van der Waals surface area contributed by atoms with Crippen LogP contribution in [0.5, 0.6) is 0 Å². The lowest BCUT2D eigenvalue weighted by molar-refractivity contribution is 0.112. The standard InChI is InChI=1S/C18H14F3N3O/c19-13-3-1-2-11(6-13)16-7-14(20)9-23(16)15-4-5-24-18(17(15)21)12(10-25)8-22-24/h1-6,8,10,14,16H,7,9H2/t14-,16+/m0/s1. The van der Waals surface area contributed by atoms with Gasteiger partial charge in [-0.05, 0) is 23.8 Å². The highest BCUT2D eigenvalue weighted by molar-refractivity contribution is 5.87. The van der Waals surface area contributed by atoms with Crippen molar-refractivity contribution in [2.45, 2.75) is 18.6 Å². The van der Waals surface area contributed by atoms with Gasteiger partial charge < -0.3 is 4.90 Å². The maximum absolute atomic E-state index is 15.0. The van der Waals surface area contributed by atoms with Gasteiger partial charge in [0.1, 0.15) is 17.5 Å². The molecule has 0 spiro atoms. The van der Waals surface area contributed by atoms with Gasteiger partial charge in [-0.25, -0.2) is 17.7 Å². The Bertz CT molecular complexity index is 956. The van der Waals surface area contributed by atoms with Crippen LogP contribution in [-0.4, -0.2) is 28.6 Å². The van der Waals surface area contributed by atoms with Crippen LogP contribution in [0.4, 0.5) is 18.9 Å². The summed E-state index contributed by atoms with van der Waals surface area (Å²) in [7, 11) is 0. The van der Waals surface area contributed by atoms with E-state index in [1.165, 1.54) is 35.1 Å². The third-order valence-corrected chi connectivity index (χ3v) is 4.55. The van der Waals surface area contributed by atoms with Gasteiger partial charge >= 0.3 is 0 Å². The minimum absolute atomic E-state index is 0.00116. The van der Waals surface area contributed by atoms with Crippen LogP contribution in [0, 0.1) is 11.6 Å². The van der Waals surface area contributed by atoms with E-state index in [0.29, 0.717) is 11.8 Å². The quantitative estimate of drug-likeness (QED) is 0.679. The van der Waals surface area contributed by atoms with Crippen LogP contribution in [-0.2, 0) is 0 Å². The summed E-state index contributed by atoms with van der Waals surface area (Å²) in [5, 5.41) is 3.93. The molecule has 7 heteroatoms. The molecule has 1 fully saturated rings. The molecule has 3 aromatic rings. The van der Waals surface area contributed by atoms with Crippen LogP contribution < -0.4 is 4.90 Å². The van der Waals surface area contributed by atoms with E-state index in [2.05, 4.69) is 5.10 Å². The van der Waals surface area contributed by atoms with Gasteiger partial charge in [-0.3, -0.25) is 4.79 Å². The zero-order chi connectivity index (χ0) is 17.6. The van der Waals surface area contributed by atoms with Crippen LogP contribution in [0.1, 0.15) is 28.4 Å². The lowest BCUT2D eigenvalue weighted by Crippen LogP contribution is -2.25. The number of alkyl halides is 1. The number of aldehydes is 1. The number of anilines is 1. The molecule has 4 rings (SSSR count). The molecule has 0 N–H and O–H groups in total. The maximum Gasteiger partial charge on any atom is 0.172 e. The molecule has 0 amide bonds. The monoisotopic (exact) mass is 345 g/mol. The number of aromatic nitrogens is 2. The highest BCUT2D eigenvalue weighted by atomic mass is 19.1. The molecule has 2 aromatic heterocycles. The molecule has 3 heterocycles. The summed E-state index contributed by atoms with van der Waals surface area (Å²) >= 11 is 0. The summed E-state index contributed by atoms with van der Waals surface area (Å²) in [6, 6.07) is 6.91. The average Bonchev–Trinajstić information content (AvgIpc) is 3.19. The Morgan fingerprint density at radius 1 is 1.24 bits per heavy atom. The molecule has 1 aliphatic heterocycles. The number of benzene rings is 1. The highest BCUT2D eigenvalue weighted by Crippen LogP contribution is 2.39. The number of pyridine rings is 1. The molecule has 128 valence electrons. The van der Waals surface area contributed by atoms with E-state index in [1.54, 1.807) is 17.0 Å². The molecule has 0 saturated carbocycles. The van der Waals surface area contributed by atoms with E-state index < -0.39 is 23.8 Å². The Labute approximate surface area is 141 Å². The summed E-state index contributed by atoms with van der Waals surface area (Å²) in [6.07, 6.45) is 2.32. The molecule has 25 heavy (non-hydrogen) atoms. The number of hydrogen-bond acceptors (Lipinski definition) is 3. The Balaban J connectivity index is 1.83. The summed E-state index contributed by atoms with van der Waals surface area (Å²) < 4.78 is 44.0. The van der Waals surface area contributed by atoms with Gasteiger partial charge in [0, 0.05) is 19.2 Å². The third-order valence-electron chi connectivity index (χ3n) is 4.55. The second-order valence-corrected chi connectivity index (χ2v) is 6.08. The van der Waals surface area contributed by atoms with Gasteiger partial charge in [0.15, 0.2) is 12.1 Å². The smallest absolute Gasteiger partial charge is 0.172 e. The van der Waals surface area contributed by atoms with Gasteiger partial charge in [-0.15, -0.1) is 0 Å². The Morgan fingerprint density at radius 2 is 2.08 bits per heavy atom. The second kappa shape index (κ2) is 5.91. The van der Waals surface area contributed by atoms with Crippen molar-refractivity contribution in [1.82, 2.24) is 9.61 Å². The topological polar surface area (TPSA) is 37.6 Å². The van der Waals surface area contributed by atoms with Gasteiger partial charge in [0.05, 0.1) is 23.5 Å². The van der Waals surface area contributed by atoms with Gasteiger partial charge in [0.2, 0.25) is 0 Å². The first kappa shape index (κ1) is 15.7. The first-order valence-electron chi connectivity index (χ1n) is 7.85. The molecular formula is C18H14F3N3O. The molecule has 4 nitrogen and oxygen atoms in total. The number of carbonyl (C=O) groups is 1. The first-order chi connectivity index (χ1) is 12.1. The van der Waals surface area contributed by atoms with Crippen molar-refractivity contribution in [2.75, 3.05) is 11.4 Å². The van der Waals surface area contributed by atoms with Crippen LogP contribution in [0.2, 0.25) is 0 Å². The molecule has 0 unspecified atom stereocenters. The number of carbonyl (C=O) groups excluding carboxylic acids is 1. The van der Waals surface area contributed by atoms with E-state index in [9.17, 15) is 13.6 Å². The summed E-state index contributed by atoms with van der Waals surface area (Å²) in [4.78, 5) is 12.7. The van der Waals surface area contributed by atoms with Crippen LogP contribution in [0.15, 0.2) is 42.7 Å². The van der Waals surface area contributed by atoms with Crippen LogP contribution in [0.25, 0.3) is 5.52 Å². The third kappa shape index (κ3) is 2.56. The van der Waals surface area contributed by atoms with Crippen molar-refractivity contribution in [2.24, 2.45) is 0 Å². The molecule has 1 aromatic carbocycles. The number of rotatable bonds is 3. The van der Waals surface area contributed by atoms with Crippen LogP contribution >= 0.6 is 0 Å². The minimum Gasteiger partial charge on any atom is -0.359 e. The molecule has 2 atom stereocenters. The SMILES string of the molecule is O=Cc1cnn2ccc(N3C[C@@H](F)C[C@@H]3c3cccc(F)c3)c(F)c12. The Morgan fingerprint density at radius 3 is 2.84 bits per heavy atom. The highest BCUT2D eigenvalue weighted by Gasteiger charge is 2.35. The Hall–Kier alpha value is -2.83. The molecule has 0 radical (unpaired) electrons. The van der Waals surface area contributed by atoms with Crippen molar-refractivity contribution < 1.29 is 18.0 Å².